The Balaban J connectivity index is 2.19. The van der Waals surface area contributed by atoms with Crippen LogP contribution in [0.1, 0.15) is 26.2 Å². The molecule has 1 aliphatic rings. The zero-order valence-electron chi connectivity index (χ0n) is 8.51. The molecule has 1 heterocycles. The highest BCUT2D eigenvalue weighted by Crippen LogP contribution is 2.22. The molecule has 4 heteroatoms. The molecule has 1 unspecified atom stereocenters. The lowest BCUT2D eigenvalue weighted by Crippen LogP contribution is -2.26. The van der Waals surface area contributed by atoms with E-state index in [9.17, 15) is 13.6 Å². The first-order chi connectivity index (χ1) is 6.51. The van der Waals surface area contributed by atoms with Gasteiger partial charge in [0, 0.05) is 25.9 Å². The molecule has 0 radical (unpaired) electrons. The zero-order valence-corrected chi connectivity index (χ0v) is 8.51. The number of alkyl halides is 2. The molecule has 0 aromatic rings. The Bertz CT molecular complexity index is 191. The van der Waals surface area contributed by atoms with E-state index in [1.165, 1.54) is 0 Å². The monoisotopic (exact) mass is 205 g/mol. The van der Waals surface area contributed by atoms with Crippen molar-refractivity contribution in [3.05, 3.63) is 0 Å². The molecular formula is C10H17F2NO. The molecule has 0 saturated carbocycles. The van der Waals surface area contributed by atoms with Gasteiger partial charge in [-0.3, -0.25) is 0 Å². The third kappa shape index (κ3) is 4.13. The molecule has 1 fully saturated rings. The molecule has 0 spiro atoms. The van der Waals surface area contributed by atoms with Crippen molar-refractivity contribution in [1.29, 1.82) is 0 Å². The summed E-state index contributed by atoms with van der Waals surface area (Å²) in [4.78, 5) is 12.3. The Labute approximate surface area is 83.3 Å². The van der Waals surface area contributed by atoms with Gasteiger partial charge in [-0.15, -0.1) is 0 Å². The summed E-state index contributed by atoms with van der Waals surface area (Å²) in [6.07, 6.45) is 2.37. The van der Waals surface area contributed by atoms with Crippen LogP contribution >= 0.6 is 0 Å². The maximum Gasteiger partial charge on any atom is 0.246 e. The molecule has 14 heavy (non-hydrogen) atoms. The summed E-state index contributed by atoms with van der Waals surface area (Å²) < 4.78 is 25.1. The van der Waals surface area contributed by atoms with Gasteiger partial charge in [-0.05, 0) is 25.8 Å². The van der Waals surface area contributed by atoms with Crippen LogP contribution in [0.25, 0.3) is 0 Å². The van der Waals surface area contributed by atoms with Gasteiger partial charge in [-0.1, -0.05) is 0 Å². The molecule has 1 atom stereocenters. The number of aldehydes is 1. The van der Waals surface area contributed by atoms with Crippen molar-refractivity contribution in [2.24, 2.45) is 5.92 Å². The summed E-state index contributed by atoms with van der Waals surface area (Å²) >= 11 is 0. The Hall–Kier alpha value is -0.510. The van der Waals surface area contributed by atoms with Gasteiger partial charge in [0.25, 0.3) is 0 Å². The molecule has 0 N–H and O–H groups in total. The number of likely N-dealkylation sites (tertiary alicyclic amines) is 1. The highest BCUT2D eigenvalue weighted by atomic mass is 19.3. The lowest BCUT2D eigenvalue weighted by Gasteiger charge is -2.18. The number of hydrogen-bond acceptors (Lipinski definition) is 2. The maximum atomic E-state index is 12.5. The van der Waals surface area contributed by atoms with Crippen molar-refractivity contribution in [1.82, 2.24) is 4.90 Å². The minimum Gasteiger partial charge on any atom is -0.303 e. The van der Waals surface area contributed by atoms with E-state index in [1.807, 2.05) is 4.90 Å². The fourth-order valence-corrected chi connectivity index (χ4v) is 1.80. The van der Waals surface area contributed by atoms with E-state index < -0.39 is 5.92 Å². The first-order valence-corrected chi connectivity index (χ1v) is 5.05. The van der Waals surface area contributed by atoms with Crippen molar-refractivity contribution in [3.8, 4) is 0 Å². The Morgan fingerprint density at radius 2 is 2.29 bits per heavy atom. The van der Waals surface area contributed by atoms with Gasteiger partial charge in [0.1, 0.15) is 6.29 Å². The molecule has 1 saturated heterocycles. The summed E-state index contributed by atoms with van der Waals surface area (Å²) in [5.41, 5.74) is 0. The Morgan fingerprint density at radius 3 is 2.86 bits per heavy atom. The topological polar surface area (TPSA) is 20.3 Å². The first kappa shape index (κ1) is 11.6. The second-order valence-corrected chi connectivity index (χ2v) is 4.18. The van der Waals surface area contributed by atoms with Crippen molar-refractivity contribution in [2.75, 3.05) is 19.6 Å². The summed E-state index contributed by atoms with van der Waals surface area (Å²) in [7, 11) is 0. The standard InChI is InChI=1S/C10H17F2NO/c1-10(11,12)4-6-13-5-2-9(8-13)3-7-14/h7,9H,2-6,8H2,1H3. The largest absolute Gasteiger partial charge is 0.303 e. The van der Waals surface area contributed by atoms with E-state index in [-0.39, 0.29) is 6.42 Å². The molecule has 2 nitrogen and oxygen atoms in total. The third-order valence-electron chi connectivity index (χ3n) is 2.67. The van der Waals surface area contributed by atoms with Crippen LogP contribution in [0.4, 0.5) is 8.78 Å². The van der Waals surface area contributed by atoms with Crippen LogP contribution in [0, 0.1) is 5.92 Å². The summed E-state index contributed by atoms with van der Waals surface area (Å²) in [5.74, 6) is -2.18. The van der Waals surface area contributed by atoms with Crippen LogP contribution in [0.2, 0.25) is 0 Å². The van der Waals surface area contributed by atoms with Gasteiger partial charge in [-0.25, -0.2) is 8.78 Å². The van der Waals surface area contributed by atoms with Gasteiger partial charge >= 0.3 is 0 Å². The highest BCUT2D eigenvalue weighted by molar-refractivity contribution is 5.49. The van der Waals surface area contributed by atoms with Gasteiger partial charge in [0.05, 0.1) is 0 Å². The predicted molar refractivity (Wildman–Crippen MR) is 50.5 cm³/mol. The molecule has 0 aliphatic carbocycles. The second-order valence-electron chi connectivity index (χ2n) is 4.18. The number of carbonyl (C=O) groups is 1. The average Bonchev–Trinajstić information content (AvgIpc) is 2.49. The second kappa shape index (κ2) is 4.82. The molecule has 82 valence electrons. The van der Waals surface area contributed by atoms with Crippen LogP contribution in [0.3, 0.4) is 0 Å². The van der Waals surface area contributed by atoms with Crippen LogP contribution in [-0.2, 0) is 4.79 Å². The number of hydrogen-bond donors (Lipinski definition) is 0. The molecule has 0 bridgehead atoms. The maximum absolute atomic E-state index is 12.5. The fraction of sp³-hybridized carbons (Fsp3) is 0.900. The van der Waals surface area contributed by atoms with E-state index in [1.54, 1.807) is 0 Å². The lowest BCUT2D eigenvalue weighted by atomic mass is 10.1. The predicted octanol–water partition coefficient (Wildman–Crippen LogP) is 1.94. The highest BCUT2D eigenvalue weighted by Gasteiger charge is 2.26. The Kier molecular flexibility index (Phi) is 3.98. The van der Waals surface area contributed by atoms with Crippen molar-refractivity contribution >= 4 is 6.29 Å². The number of rotatable bonds is 5. The number of carbonyl (C=O) groups excluding carboxylic acids is 1. The van der Waals surface area contributed by atoms with Gasteiger partial charge < -0.3 is 9.69 Å². The minimum atomic E-state index is -2.57. The molecule has 1 aliphatic heterocycles. The lowest BCUT2D eigenvalue weighted by molar-refractivity contribution is -0.108. The minimum absolute atomic E-state index is 0.0825. The summed E-state index contributed by atoms with van der Waals surface area (Å²) in [5, 5.41) is 0. The van der Waals surface area contributed by atoms with E-state index in [2.05, 4.69) is 0 Å². The van der Waals surface area contributed by atoms with Crippen molar-refractivity contribution in [2.45, 2.75) is 32.1 Å². The summed E-state index contributed by atoms with van der Waals surface area (Å²) in [6.45, 7) is 3.05. The normalized spacial score (nSPS) is 24.1. The fourth-order valence-electron chi connectivity index (χ4n) is 1.80. The average molecular weight is 205 g/mol. The number of nitrogens with zero attached hydrogens (tertiary/aromatic N) is 1. The van der Waals surface area contributed by atoms with Crippen molar-refractivity contribution in [3.63, 3.8) is 0 Å². The number of halogens is 2. The van der Waals surface area contributed by atoms with Crippen LogP contribution < -0.4 is 0 Å². The molecule has 0 aromatic heterocycles. The third-order valence-corrected chi connectivity index (χ3v) is 2.67. The van der Waals surface area contributed by atoms with Crippen LogP contribution in [-0.4, -0.2) is 36.7 Å². The molecule has 0 aromatic carbocycles. The molecular weight excluding hydrogens is 188 g/mol. The molecule has 1 rings (SSSR count). The van der Waals surface area contributed by atoms with E-state index in [4.69, 9.17) is 0 Å². The first-order valence-electron chi connectivity index (χ1n) is 5.05. The van der Waals surface area contributed by atoms with E-state index in [0.717, 1.165) is 32.7 Å². The van der Waals surface area contributed by atoms with Gasteiger partial charge in [0.15, 0.2) is 0 Å². The smallest absolute Gasteiger partial charge is 0.246 e. The van der Waals surface area contributed by atoms with Gasteiger partial charge in [0.2, 0.25) is 5.92 Å². The van der Waals surface area contributed by atoms with E-state index >= 15 is 0 Å². The van der Waals surface area contributed by atoms with Gasteiger partial charge in [-0.2, -0.15) is 0 Å². The SMILES string of the molecule is CC(F)(F)CCN1CCC(CC=O)C1. The molecule has 0 amide bonds. The van der Waals surface area contributed by atoms with E-state index in [0.29, 0.717) is 18.9 Å². The quantitative estimate of drug-likeness (QED) is 0.639. The van der Waals surface area contributed by atoms with Crippen LogP contribution in [0.5, 0.6) is 0 Å². The van der Waals surface area contributed by atoms with Crippen molar-refractivity contribution < 1.29 is 13.6 Å². The van der Waals surface area contributed by atoms with Crippen LogP contribution in [0.15, 0.2) is 0 Å². The Morgan fingerprint density at radius 1 is 1.57 bits per heavy atom. The zero-order chi connectivity index (χ0) is 10.6. The summed E-state index contributed by atoms with van der Waals surface area (Å²) in [6, 6.07) is 0.